The van der Waals surface area contributed by atoms with Crippen LogP contribution in [0.2, 0.25) is 0 Å². The number of fused-ring (bicyclic) bond motifs is 3. The number of rotatable bonds is 6. The van der Waals surface area contributed by atoms with E-state index in [1.54, 1.807) is 13.4 Å². The van der Waals surface area contributed by atoms with E-state index < -0.39 is 0 Å². The Morgan fingerprint density at radius 1 is 1.10 bits per heavy atom. The Hall–Kier alpha value is -2.18. The van der Waals surface area contributed by atoms with Crippen LogP contribution >= 0.6 is 11.3 Å². The Balaban J connectivity index is 1.45. The van der Waals surface area contributed by atoms with Crippen molar-refractivity contribution in [3.63, 3.8) is 0 Å². The van der Waals surface area contributed by atoms with Crippen molar-refractivity contribution in [1.82, 2.24) is 14.9 Å². The van der Waals surface area contributed by atoms with Gasteiger partial charge in [0.2, 0.25) is 0 Å². The predicted octanol–water partition coefficient (Wildman–Crippen LogP) is 5.22. The third kappa shape index (κ3) is 3.91. The predicted molar refractivity (Wildman–Crippen MR) is 124 cm³/mol. The summed E-state index contributed by atoms with van der Waals surface area (Å²) in [6.45, 7) is 3.14. The van der Waals surface area contributed by atoms with Crippen LogP contribution in [0.5, 0.6) is 5.75 Å². The number of anilines is 1. The second-order valence-electron chi connectivity index (χ2n) is 8.38. The minimum atomic E-state index is 0.310. The first-order chi connectivity index (χ1) is 14.8. The lowest BCUT2D eigenvalue weighted by Gasteiger charge is -2.28. The Labute approximate surface area is 182 Å². The van der Waals surface area contributed by atoms with Crippen LogP contribution < -0.4 is 10.1 Å². The van der Waals surface area contributed by atoms with E-state index >= 15 is 0 Å². The van der Waals surface area contributed by atoms with E-state index in [0.29, 0.717) is 6.04 Å². The molecule has 1 aromatic carbocycles. The number of nitrogens with one attached hydrogen (secondary N) is 1. The molecule has 6 heteroatoms. The molecule has 0 spiro atoms. The molecule has 5 rings (SSSR count). The Morgan fingerprint density at radius 3 is 2.83 bits per heavy atom. The number of likely N-dealkylation sites (tertiary alicyclic amines) is 1. The van der Waals surface area contributed by atoms with E-state index in [1.165, 1.54) is 59.9 Å². The summed E-state index contributed by atoms with van der Waals surface area (Å²) in [4.78, 5) is 14.5. The first-order valence-electron chi connectivity index (χ1n) is 11.2. The van der Waals surface area contributed by atoms with Gasteiger partial charge in [-0.1, -0.05) is 18.6 Å². The molecule has 1 fully saturated rings. The van der Waals surface area contributed by atoms with Crippen LogP contribution in [-0.4, -0.2) is 41.6 Å². The lowest BCUT2D eigenvalue weighted by atomic mass is 10.0. The van der Waals surface area contributed by atoms with Crippen molar-refractivity contribution >= 4 is 27.4 Å². The maximum atomic E-state index is 5.49. The van der Waals surface area contributed by atoms with Crippen molar-refractivity contribution in [1.29, 1.82) is 0 Å². The number of hydrogen-bond acceptors (Lipinski definition) is 6. The molecular formula is C24H30N4OS. The number of aromatic nitrogens is 2. The van der Waals surface area contributed by atoms with Gasteiger partial charge >= 0.3 is 0 Å². The molecule has 1 aliphatic carbocycles. The summed E-state index contributed by atoms with van der Waals surface area (Å²) < 4.78 is 5.49. The molecule has 158 valence electrons. The summed E-state index contributed by atoms with van der Waals surface area (Å²) in [5.74, 6) is 1.93. The molecule has 0 bridgehead atoms. The Kier molecular flexibility index (Phi) is 5.86. The normalized spacial score (nSPS) is 18.2. The average molecular weight is 423 g/mol. The molecule has 5 nitrogen and oxygen atoms in total. The standard InChI is InChI=1S/C24H30N4OS/c1-29-18-9-7-8-17(14-18)20(28-12-5-6-13-28)15-25-23-22-19-10-3-2-4-11-21(19)30-24(22)27-16-26-23/h7-9,14,16,20H,2-6,10-13,15H2,1H3,(H,25,26,27)/t20-/m0/s1. The number of benzene rings is 1. The number of thiophene rings is 1. The summed E-state index contributed by atoms with van der Waals surface area (Å²) in [5.41, 5.74) is 2.80. The van der Waals surface area contributed by atoms with Gasteiger partial charge < -0.3 is 10.1 Å². The summed E-state index contributed by atoms with van der Waals surface area (Å²) in [6.07, 6.45) is 10.5. The van der Waals surface area contributed by atoms with Gasteiger partial charge in [-0.3, -0.25) is 4.90 Å². The third-order valence-corrected chi connectivity index (χ3v) is 7.72. The minimum Gasteiger partial charge on any atom is -0.497 e. The summed E-state index contributed by atoms with van der Waals surface area (Å²) >= 11 is 1.87. The first kappa shape index (κ1) is 19.8. The minimum absolute atomic E-state index is 0.310. The SMILES string of the molecule is COc1cccc([C@H](CNc2ncnc3sc4c(c23)CCCCC4)N2CCCC2)c1. The highest BCUT2D eigenvalue weighted by Gasteiger charge is 2.25. The number of methoxy groups -OCH3 is 1. The molecule has 0 amide bonds. The molecule has 3 aromatic rings. The largest absolute Gasteiger partial charge is 0.497 e. The summed E-state index contributed by atoms with van der Waals surface area (Å²) in [7, 11) is 1.74. The Morgan fingerprint density at radius 2 is 1.97 bits per heavy atom. The molecule has 30 heavy (non-hydrogen) atoms. The van der Waals surface area contributed by atoms with Crippen molar-refractivity contribution in [2.45, 2.75) is 51.0 Å². The quantitative estimate of drug-likeness (QED) is 0.552. The van der Waals surface area contributed by atoms with Gasteiger partial charge in [-0.15, -0.1) is 11.3 Å². The Bertz CT molecular complexity index is 1010. The van der Waals surface area contributed by atoms with Crippen LogP contribution in [0.1, 0.15) is 54.1 Å². The molecule has 1 saturated heterocycles. The fourth-order valence-corrected chi connectivity index (χ4v) is 6.18. The van der Waals surface area contributed by atoms with Crippen molar-refractivity contribution in [2.24, 2.45) is 0 Å². The number of nitrogens with zero attached hydrogens (tertiary/aromatic N) is 3. The lowest BCUT2D eigenvalue weighted by molar-refractivity contribution is 0.255. The number of aryl methyl sites for hydroxylation is 2. The highest BCUT2D eigenvalue weighted by Crippen LogP contribution is 2.38. The van der Waals surface area contributed by atoms with Crippen LogP contribution in [0.4, 0.5) is 5.82 Å². The van der Waals surface area contributed by atoms with E-state index in [-0.39, 0.29) is 0 Å². The van der Waals surface area contributed by atoms with E-state index in [2.05, 4.69) is 38.4 Å². The van der Waals surface area contributed by atoms with Crippen LogP contribution in [0.25, 0.3) is 10.2 Å². The molecule has 3 heterocycles. The molecule has 1 atom stereocenters. The van der Waals surface area contributed by atoms with Crippen LogP contribution in [0.15, 0.2) is 30.6 Å². The van der Waals surface area contributed by atoms with Gasteiger partial charge in [-0.25, -0.2) is 9.97 Å². The van der Waals surface area contributed by atoms with E-state index in [4.69, 9.17) is 4.74 Å². The molecule has 1 aliphatic heterocycles. The third-order valence-electron chi connectivity index (χ3n) is 6.52. The van der Waals surface area contributed by atoms with E-state index in [0.717, 1.165) is 42.5 Å². The highest BCUT2D eigenvalue weighted by atomic mass is 32.1. The maximum absolute atomic E-state index is 5.49. The first-order valence-corrected chi connectivity index (χ1v) is 12.0. The topological polar surface area (TPSA) is 50.3 Å². The fraction of sp³-hybridized carbons (Fsp3) is 0.500. The van der Waals surface area contributed by atoms with Gasteiger partial charge in [-0.2, -0.15) is 0 Å². The lowest BCUT2D eigenvalue weighted by Crippen LogP contribution is -2.31. The average Bonchev–Trinajstić information content (AvgIpc) is 3.37. The van der Waals surface area contributed by atoms with Crippen molar-refractivity contribution < 1.29 is 4.74 Å². The number of hydrogen-bond donors (Lipinski definition) is 1. The van der Waals surface area contributed by atoms with Gasteiger partial charge in [0, 0.05) is 11.4 Å². The molecule has 2 aromatic heterocycles. The number of ether oxygens (including phenoxy) is 1. The van der Waals surface area contributed by atoms with E-state index in [1.807, 2.05) is 17.4 Å². The highest BCUT2D eigenvalue weighted by molar-refractivity contribution is 7.18. The molecule has 0 radical (unpaired) electrons. The zero-order valence-electron chi connectivity index (χ0n) is 17.7. The zero-order chi connectivity index (χ0) is 20.3. The molecule has 0 saturated carbocycles. The van der Waals surface area contributed by atoms with Gasteiger partial charge in [0.25, 0.3) is 0 Å². The van der Waals surface area contributed by atoms with Crippen LogP contribution in [-0.2, 0) is 12.8 Å². The monoisotopic (exact) mass is 422 g/mol. The van der Waals surface area contributed by atoms with Crippen LogP contribution in [0, 0.1) is 0 Å². The molecule has 1 N–H and O–H groups in total. The molecular weight excluding hydrogens is 392 g/mol. The zero-order valence-corrected chi connectivity index (χ0v) is 18.5. The maximum Gasteiger partial charge on any atom is 0.138 e. The van der Waals surface area contributed by atoms with Gasteiger partial charge in [0.15, 0.2) is 0 Å². The smallest absolute Gasteiger partial charge is 0.138 e. The van der Waals surface area contributed by atoms with Gasteiger partial charge in [0.05, 0.1) is 18.5 Å². The van der Waals surface area contributed by atoms with Crippen molar-refractivity contribution in [2.75, 3.05) is 32.1 Å². The second-order valence-corrected chi connectivity index (χ2v) is 9.47. The molecule has 2 aliphatic rings. The summed E-state index contributed by atoms with van der Waals surface area (Å²) in [5, 5.41) is 5.00. The summed E-state index contributed by atoms with van der Waals surface area (Å²) in [6, 6.07) is 8.83. The molecule has 0 unspecified atom stereocenters. The van der Waals surface area contributed by atoms with E-state index in [9.17, 15) is 0 Å². The van der Waals surface area contributed by atoms with Gasteiger partial charge in [0.1, 0.15) is 22.7 Å². The second kappa shape index (κ2) is 8.90. The van der Waals surface area contributed by atoms with Crippen LogP contribution in [0.3, 0.4) is 0 Å². The van der Waals surface area contributed by atoms with Crippen molar-refractivity contribution in [3.05, 3.63) is 46.6 Å². The van der Waals surface area contributed by atoms with Crippen molar-refractivity contribution in [3.8, 4) is 5.75 Å². The van der Waals surface area contributed by atoms with Gasteiger partial charge in [-0.05, 0) is 74.9 Å². The fourth-order valence-electron chi connectivity index (χ4n) is 4.95.